The van der Waals surface area contributed by atoms with E-state index in [1.165, 1.54) is 128 Å². The molecule has 0 nitrogen and oxygen atoms in total. The molecular weight excluding hydrogens is 288 g/mol. The Morgan fingerprint density at radius 1 is 0.333 bits per heavy atom. The van der Waals surface area contributed by atoms with Crippen molar-refractivity contribution in [1.82, 2.24) is 0 Å². The second-order valence-electron chi connectivity index (χ2n) is 8.19. The summed E-state index contributed by atoms with van der Waals surface area (Å²) in [5.41, 5.74) is 3.49. The van der Waals surface area contributed by atoms with Gasteiger partial charge in [0, 0.05) is 0 Å². The van der Waals surface area contributed by atoms with Crippen LogP contribution in [-0.4, -0.2) is 0 Å². The van der Waals surface area contributed by atoms with Crippen molar-refractivity contribution in [2.75, 3.05) is 0 Å². The average molecular weight is 331 g/mol. The summed E-state index contributed by atoms with van der Waals surface area (Å²) >= 11 is 0. The SMILES string of the molecule is C1=C(/C2=C/CCCCCCCCCC2)CCCCCCCCCC/1. The van der Waals surface area contributed by atoms with E-state index in [4.69, 9.17) is 0 Å². The zero-order valence-electron chi connectivity index (χ0n) is 16.3. The molecule has 0 aliphatic heterocycles. The molecular formula is C24H42. The van der Waals surface area contributed by atoms with Gasteiger partial charge in [-0.3, -0.25) is 0 Å². The van der Waals surface area contributed by atoms with Gasteiger partial charge in [-0.1, -0.05) is 89.2 Å². The van der Waals surface area contributed by atoms with Crippen LogP contribution in [0.5, 0.6) is 0 Å². The molecule has 0 heterocycles. The van der Waals surface area contributed by atoms with Crippen LogP contribution in [0.3, 0.4) is 0 Å². The van der Waals surface area contributed by atoms with E-state index in [0.717, 1.165) is 0 Å². The third kappa shape index (κ3) is 9.09. The molecule has 0 atom stereocenters. The molecule has 0 spiro atoms. The fourth-order valence-corrected chi connectivity index (χ4v) is 4.38. The Morgan fingerprint density at radius 2 is 0.625 bits per heavy atom. The molecule has 0 aromatic rings. The second kappa shape index (κ2) is 13.7. The zero-order chi connectivity index (χ0) is 16.7. The third-order valence-electron chi connectivity index (χ3n) is 5.99. The van der Waals surface area contributed by atoms with Gasteiger partial charge in [0.05, 0.1) is 0 Å². The molecule has 0 amide bonds. The molecule has 0 fully saturated rings. The first kappa shape index (κ1) is 19.8. The molecule has 2 aliphatic carbocycles. The van der Waals surface area contributed by atoms with E-state index >= 15 is 0 Å². The molecule has 0 unspecified atom stereocenters. The summed E-state index contributed by atoms with van der Waals surface area (Å²) in [5.74, 6) is 0. The van der Waals surface area contributed by atoms with Crippen molar-refractivity contribution in [2.24, 2.45) is 0 Å². The topological polar surface area (TPSA) is 0 Å². The quantitative estimate of drug-likeness (QED) is 0.451. The average Bonchev–Trinajstić information content (AvgIpc) is 2.56. The molecule has 0 bridgehead atoms. The maximum Gasteiger partial charge on any atom is -0.0279 e. The van der Waals surface area contributed by atoms with Crippen LogP contribution < -0.4 is 0 Å². The van der Waals surface area contributed by atoms with Crippen LogP contribution in [0.1, 0.15) is 128 Å². The van der Waals surface area contributed by atoms with Crippen LogP contribution in [0.4, 0.5) is 0 Å². The van der Waals surface area contributed by atoms with Crippen LogP contribution in [0, 0.1) is 0 Å². The molecule has 24 heavy (non-hydrogen) atoms. The molecule has 0 saturated carbocycles. The molecule has 0 heteroatoms. The Morgan fingerprint density at radius 3 is 1.00 bits per heavy atom. The van der Waals surface area contributed by atoms with Gasteiger partial charge in [-0.05, 0) is 62.5 Å². The smallest absolute Gasteiger partial charge is 0.0279 e. The van der Waals surface area contributed by atoms with E-state index in [-0.39, 0.29) is 0 Å². The molecule has 138 valence electrons. The van der Waals surface area contributed by atoms with Crippen molar-refractivity contribution in [3.05, 3.63) is 23.3 Å². The van der Waals surface area contributed by atoms with Gasteiger partial charge in [-0.25, -0.2) is 0 Å². The van der Waals surface area contributed by atoms with Crippen molar-refractivity contribution in [3.8, 4) is 0 Å². The van der Waals surface area contributed by atoms with Crippen LogP contribution in [-0.2, 0) is 0 Å². The van der Waals surface area contributed by atoms with Gasteiger partial charge in [0.2, 0.25) is 0 Å². The highest BCUT2D eigenvalue weighted by atomic mass is 14.1. The molecule has 2 rings (SSSR count). The number of rotatable bonds is 1. The summed E-state index contributed by atoms with van der Waals surface area (Å²) in [7, 11) is 0. The first-order valence-electron chi connectivity index (χ1n) is 11.4. The lowest BCUT2D eigenvalue weighted by atomic mass is 9.91. The van der Waals surface area contributed by atoms with Crippen molar-refractivity contribution in [3.63, 3.8) is 0 Å². The summed E-state index contributed by atoms with van der Waals surface area (Å²) in [5, 5.41) is 0. The molecule has 0 aromatic carbocycles. The Kier molecular flexibility index (Phi) is 11.3. The number of allylic oxidation sites excluding steroid dienone is 4. The van der Waals surface area contributed by atoms with Gasteiger partial charge in [0.25, 0.3) is 0 Å². The fraction of sp³-hybridized carbons (Fsp3) is 0.833. The van der Waals surface area contributed by atoms with E-state index in [9.17, 15) is 0 Å². The van der Waals surface area contributed by atoms with Gasteiger partial charge in [0.15, 0.2) is 0 Å². The maximum atomic E-state index is 2.64. The third-order valence-corrected chi connectivity index (χ3v) is 5.99. The minimum absolute atomic E-state index is 1.33. The molecule has 0 N–H and O–H groups in total. The minimum Gasteiger partial charge on any atom is -0.0811 e. The minimum atomic E-state index is 1.33. The van der Waals surface area contributed by atoms with Gasteiger partial charge >= 0.3 is 0 Å². The summed E-state index contributed by atoms with van der Waals surface area (Å²) in [6.07, 6.45) is 33.8. The second-order valence-corrected chi connectivity index (χ2v) is 8.19. The molecule has 0 saturated heterocycles. The Bertz CT molecular complexity index is 324. The highest BCUT2D eigenvalue weighted by Gasteiger charge is 2.07. The van der Waals surface area contributed by atoms with E-state index in [1.54, 1.807) is 11.1 Å². The van der Waals surface area contributed by atoms with Crippen LogP contribution in [0.2, 0.25) is 0 Å². The number of hydrogen-bond donors (Lipinski definition) is 0. The number of hydrogen-bond acceptors (Lipinski definition) is 0. The predicted molar refractivity (Wildman–Crippen MR) is 109 cm³/mol. The Balaban J connectivity index is 1.96. The lowest BCUT2D eigenvalue weighted by Gasteiger charge is -2.15. The predicted octanol–water partition coefficient (Wildman–Crippen LogP) is 8.67. The van der Waals surface area contributed by atoms with Crippen LogP contribution in [0.15, 0.2) is 23.3 Å². The highest BCUT2D eigenvalue weighted by molar-refractivity contribution is 5.31. The van der Waals surface area contributed by atoms with Crippen molar-refractivity contribution >= 4 is 0 Å². The Hall–Kier alpha value is -0.520. The Labute approximate surface area is 152 Å². The summed E-state index contributed by atoms with van der Waals surface area (Å²) in [6, 6.07) is 0. The summed E-state index contributed by atoms with van der Waals surface area (Å²) in [4.78, 5) is 0. The fourth-order valence-electron chi connectivity index (χ4n) is 4.38. The van der Waals surface area contributed by atoms with Crippen LogP contribution in [0.25, 0.3) is 0 Å². The van der Waals surface area contributed by atoms with Gasteiger partial charge in [-0.2, -0.15) is 0 Å². The standard InChI is InChI=1S/C24H42/c1-3-7-11-15-19-23(20-16-12-8-4-1)24-21-17-13-9-5-2-6-10-14-18-22-24/h19,21H,1-18,20,22H2/b23-19+,24-21+. The molecule has 0 radical (unpaired) electrons. The first-order chi connectivity index (χ1) is 12.0. The summed E-state index contributed by atoms with van der Waals surface area (Å²) < 4.78 is 0. The van der Waals surface area contributed by atoms with Gasteiger partial charge in [0.1, 0.15) is 0 Å². The normalized spacial score (nSPS) is 28.7. The monoisotopic (exact) mass is 330 g/mol. The zero-order valence-corrected chi connectivity index (χ0v) is 16.3. The lowest BCUT2D eigenvalue weighted by molar-refractivity contribution is 0.555. The maximum absolute atomic E-state index is 2.64. The summed E-state index contributed by atoms with van der Waals surface area (Å²) in [6.45, 7) is 0. The van der Waals surface area contributed by atoms with E-state index in [2.05, 4.69) is 12.2 Å². The first-order valence-corrected chi connectivity index (χ1v) is 11.4. The van der Waals surface area contributed by atoms with Gasteiger partial charge < -0.3 is 0 Å². The van der Waals surface area contributed by atoms with Crippen molar-refractivity contribution in [1.29, 1.82) is 0 Å². The van der Waals surface area contributed by atoms with Crippen molar-refractivity contribution in [2.45, 2.75) is 128 Å². The van der Waals surface area contributed by atoms with Crippen LogP contribution >= 0.6 is 0 Å². The van der Waals surface area contributed by atoms with E-state index < -0.39 is 0 Å². The molecule has 0 aromatic heterocycles. The lowest BCUT2D eigenvalue weighted by Crippen LogP contribution is -1.95. The van der Waals surface area contributed by atoms with Gasteiger partial charge in [-0.15, -0.1) is 0 Å². The largest absolute Gasteiger partial charge is 0.0811 e. The van der Waals surface area contributed by atoms with Crippen molar-refractivity contribution < 1.29 is 0 Å². The molecule has 2 aliphatic rings. The van der Waals surface area contributed by atoms with E-state index in [0.29, 0.717) is 0 Å². The highest BCUT2D eigenvalue weighted by Crippen LogP contribution is 2.27. The van der Waals surface area contributed by atoms with E-state index in [1.807, 2.05) is 0 Å².